The van der Waals surface area contributed by atoms with Crippen LogP contribution in [0, 0.1) is 5.82 Å². The summed E-state index contributed by atoms with van der Waals surface area (Å²) in [5, 5.41) is 9.21. The number of fused-ring (bicyclic) bond motifs is 1. The highest BCUT2D eigenvalue weighted by Gasteiger charge is 2.52. The van der Waals surface area contributed by atoms with E-state index in [1.165, 1.54) is 12.1 Å². The number of aliphatic carboxylic acids is 1. The van der Waals surface area contributed by atoms with E-state index in [1.54, 1.807) is 30.3 Å². The van der Waals surface area contributed by atoms with Gasteiger partial charge in [-0.2, -0.15) is 0 Å². The molecule has 3 rings (SSSR count). The molecule has 5 heteroatoms. The Morgan fingerprint density at radius 3 is 2.57 bits per heavy atom. The minimum atomic E-state index is -1.51. The number of carbonyl (C=O) groups is 2. The molecule has 4 nitrogen and oxygen atoms in total. The molecule has 1 aliphatic heterocycles. The molecule has 0 fully saturated rings. The maximum absolute atomic E-state index is 13.6. The SMILES string of the molecule is O=C(O)CC1(c2ccccc2)C(=O)Oc2ccc(F)cc21. The maximum atomic E-state index is 13.6. The lowest BCUT2D eigenvalue weighted by Crippen LogP contribution is -2.37. The van der Waals surface area contributed by atoms with E-state index in [2.05, 4.69) is 0 Å². The van der Waals surface area contributed by atoms with Gasteiger partial charge < -0.3 is 9.84 Å². The van der Waals surface area contributed by atoms with Crippen molar-refractivity contribution in [3.05, 3.63) is 65.5 Å². The van der Waals surface area contributed by atoms with Crippen LogP contribution in [0.4, 0.5) is 4.39 Å². The van der Waals surface area contributed by atoms with Crippen molar-refractivity contribution in [1.29, 1.82) is 0 Å². The van der Waals surface area contributed by atoms with Crippen LogP contribution in [0.1, 0.15) is 17.5 Å². The van der Waals surface area contributed by atoms with Gasteiger partial charge in [0.25, 0.3) is 0 Å². The summed E-state index contributed by atoms with van der Waals surface area (Å²) in [6.07, 6.45) is -0.494. The highest BCUT2D eigenvalue weighted by atomic mass is 19.1. The minimum absolute atomic E-state index is 0.200. The molecule has 1 N–H and O–H groups in total. The van der Waals surface area contributed by atoms with Crippen LogP contribution in [-0.4, -0.2) is 17.0 Å². The van der Waals surface area contributed by atoms with Gasteiger partial charge in [0.05, 0.1) is 6.42 Å². The normalized spacial score (nSPS) is 20.0. The van der Waals surface area contributed by atoms with E-state index in [0.29, 0.717) is 5.56 Å². The van der Waals surface area contributed by atoms with E-state index in [1.807, 2.05) is 0 Å². The number of hydrogen-bond donors (Lipinski definition) is 1. The number of esters is 1. The summed E-state index contributed by atoms with van der Waals surface area (Å²) >= 11 is 0. The Kier molecular flexibility index (Phi) is 2.97. The zero-order chi connectivity index (χ0) is 15.0. The molecule has 0 amide bonds. The van der Waals surface area contributed by atoms with Crippen molar-refractivity contribution in [2.45, 2.75) is 11.8 Å². The third-order valence-electron chi connectivity index (χ3n) is 3.64. The van der Waals surface area contributed by atoms with Gasteiger partial charge in [-0.25, -0.2) is 4.39 Å². The van der Waals surface area contributed by atoms with E-state index in [-0.39, 0.29) is 11.3 Å². The smallest absolute Gasteiger partial charge is 0.327 e. The number of halogens is 1. The number of carboxylic acid groups (broad SMARTS) is 1. The topological polar surface area (TPSA) is 63.6 Å². The molecule has 21 heavy (non-hydrogen) atoms. The highest BCUT2D eigenvalue weighted by Crippen LogP contribution is 2.46. The van der Waals surface area contributed by atoms with Crippen LogP contribution in [0.25, 0.3) is 0 Å². The quantitative estimate of drug-likeness (QED) is 0.695. The van der Waals surface area contributed by atoms with Crippen LogP contribution in [0.2, 0.25) is 0 Å². The molecule has 0 saturated carbocycles. The van der Waals surface area contributed by atoms with E-state index in [0.717, 1.165) is 6.07 Å². The van der Waals surface area contributed by atoms with E-state index in [4.69, 9.17) is 4.74 Å². The molecule has 1 unspecified atom stereocenters. The highest BCUT2D eigenvalue weighted by molar-refractivity contribution is 5.97. The number of hydrogen-bond acceptors (Lipinski definition) is 3. The Labute approximate surface area is 119 Å². The Hall–Kier alpha value is -2.69. The van der Waals surface area contributed by atoms with Gasteiger partial charge in [-0.1, -0.05) is 30.3 Å². The lowest BCUT2D eigenvalue weighted by atomic mass is 9.73. The molecule has 0 aromatic heterocycles. The number of rotatable bonds is 3. The van der Waals surface area contributed by atoms with Crippen LogP contribution in [0.3, 0.4) is 0 Å². The number of carboxylic acids is 1. The first-order valence-electron chi connectivity index (χ1n) is 6.33. The minimum Gasteiger partial charge on any atom is -0.481 e. The Balaban J connectivity index is 2.29. The summed E-state index contributed by atoms with van der Waals surface area (Å²) in [6.45, 7) is 0. The first-order chi connectivity index (χ1) is 10.0. The van der Waals surface area contributed by atoms with Crippen LogP contribution < -0.4 is 4.74 Å². The van der Waals surface area contributed by atoms with Gasteiger partial charge in [0.2, 0.25) is 0 Å². The second-order valence-corrected chi connectivity index (χ2v) is 4.87. The van der Waals surface area contributed by atoms with Gasteiger partial charge in [-0.05, 0) is 23.8 Å². The molecule has 0 aliphatic carbocycles. The fourth-order valence-corrected chi connectivity index (χ4v) is 2.71. The molecule has 106 valence electrons. The van der Waals surface area contributed by atoms with Crippen molar-refractivity contribution < 1.29 is 23.8 Å². The standard InChI is InChI=1S/C16H11FO4/c17-11-6-7-13-12(8-11)16(9-14(18)19,15(20)21-13)10-4-2-1-3-5-10/h1-8H,9H2,(H,18,19). The van der Waals surface area contributed by atoms with Gasteiger partial charge in [0.15, 0.2) is 0 Å². The Morgan fingerprint density at radius 1 is 1.19 bits per heavy atom. The lowest BCUT2D eigenvalue weighted by Gasteiger charge is -2.24. The third kappa shape index (κ3) is 1.98. The van der Waals surface area contributed by atoms with Gasteiger partial charge in [0, 0.05) is 5.56 Å². The third-order valence-corrected chi connectivity index (χ3v) is 3.64. The van der Waals surface area contributed by atoms with Crippen molar-refractivity contribution >= 4 is 11.9 Å². The molecular formula is C16H11FO4. The van der Waals surface area contributed by atoms with Gasteiger partial charge in [-0.15, -0.1) is 0 Å². The van der Waals surface area contributed by atoms with Crippen molar-refractivity contribution in [1.82, 2.24) is 0 Å². The number of carbonyl (C=O) groups excluding carboxylic acids is 1. The Morgan fingerprint density at radius 2 is 1.90 bits per heavy atom. The molecule has 1 aliphatic rings. The average molecular weight is 286 g/mol. The first kappa shape index (κ1) is 13.3. The molecule has 1 atom stereocenters. The van der Waals surface area contributed by atoms with Crippen LogP contribution >= 0.6 is 0 Å². The van der Waals surface area contributed by atoms with Gasteiger partial charge >= 0.3 is 11.9 Å². The summed E-state index contributed by atoms with van der Waals surface area (Å²) in [4.78, 5) is 23.7. The second-order valence-electron chi connectivity index (χ2n) is 4.87. The zero-order valence-corrected chi connectivity index (χ0v) is 10.9. The summed E-state index contributed by atoms with van der Waals surface area (Å²) < 4.78 is 18.7. The fraction of sp³-hybridized carbons (Fsp3) is 0.125. The summed E-state index contributed by atoms with van der Waals surface area (Å²) in [7, 11) is 0. The Bertz CT molecular complexity index is 726. The number of ether oxygens (including phenoxy) is 1. The van der Waals surface area contributed by atoms with Crippen molar-refractivity contribution in [3.63, 3.8) is 0 Å². The second kappa shape index (κ2) is 4.70. The molecule has 0 bridgehead atoms. The van der Waals surface area contributed by atoms with E-state index < -0.39 is 29.6 Å². The summed E-state index contributed by atoms with van der Waals surface area (Å²) in [6, 6.07) is 12.1. The van der Waals surface area contributed by atoms with Crippen LogP contribution in [-0.2, 0) is 15.0 Å². The molecule has 2 aromatic carbocycles. The van der Waals surface area contributed by atoms with Crippen molar-refractivity contribution in [2.75, 3.05) is 0 Å². The van der Waals surface area contributed by atoms with E-state index >= 15 is 0 Å². The van der Waals surface area contributed by atoms with Gasteiger partial charge in [0.1, 0.15) is 17.0 Å². The predicted molar refractivity (Wildman–Crippen MR) is 71.5 cm³/mol. The molecule has 0 spiro atoms. The first-order valence-corrected chi connectivity index (χ1v) is 6.33. The zero-order valence-electron chi connectivity index (χ0n) is 10.9. The molecular weight excluding hydrogens is 275 g/mol. The number of benzene rings is 2. The van der Waals surface area contributed by atoms with Gasteiger partial charge in [-0.3, -0.25) is 9.59 Å². The van der Waals surface area contributed by atoms with Crippen molar-refractivity contribution in [2.24, 2.45) is 0 Å². The summed E-state index contributed by atoms with van der Waals surface area (Å²) in [5.74, 6) is -2.20. The monoisotopic (exact) mass is 286 g/mol. The lowest BCUT2D eigenvalue weighted by molar-refractivity contribution is -0.145. The molecule has 2 aromatic rings. The molecule has 0 saturated heterocycles. The largest absolute Gasteiger partial charge is 0.481 e. The van der Waals surface area contributed by atoms with Crippen LogP contribution in [0.5, 0.6) is 5.75 Å². The molecule has 1 heterocycles. The van der Waals surface area contributed by atoms with Crippen molar-refractivity contribution in [3.8, 4) is 5.75 Å². The average Bonchev–Trinajstić information content (AvgIpc) is 2.73. The predicted octanol–water partition coefficient (Wildman–Crippen LogP) is 2.51. The maximum Gasteiger partial charge on any atom is 0.327 e. The van der Waals surface area contributed by atoms with Crippen LogP contribution in [0.15, 0.2) is 48.5 Å². The molecule has 0 radical (unpaired) electrons. The van der Waals surface area contributed by atoms with E-state index in [9.17, 15) is 19.1 Å². The summed E-state index contributed by atoms with van der Waals surface area (Å²) in [5.41, 5.74) is -0.785. The fourth-order valence-electron chi connectivity index (χ4n) is 2.71.